The number of allylic oxidation sites excluding steroid dienone is 1. The molecule has 92 valence electrons. The molecule has 0 aliphatic heterocycles. The van der Waals surface area contributed by atoms with E-state index in [0.717, 1.165) is 24.8 Å². The Balaban J connectivity index is 2.11. The van der Waals surface area contributed by atoms with Crippen molar-refractivity contribution >= 4 is 10.1 Å². The van der Waals surface area contributed by atoms with Crippen LogP contribution in [0.2, 0.25) is 0 Å². The third-order valence-corrected chi connectivity index (χ3v) is 4.32. The summed E-state index contributed by atoms with van der Waals surface area (Å²) in [5.41, 5.74) is 1.80. The Morgan fingerprint density at radius 2 is 2.06 bits per heavy atom. The fourth-order valence-electron chi connectivity index (χ4n) is 1.92. The minimum absolute atomic E-state index is 0.191. The van der Waals surface area contributed by atoms with Crippen molar-refractivity contribution in [2.75, 3.05) is 6.61 Å². The zero-order valence-electron chi connectivity index (χ0n) is 9.85. The summed E-state index contributed by atoms with van der Waals surface area (Å²) < 4.78 is 29.0. The molecule has 0 radical (unpaired) electrons. The van der Waals surface area contributed by atoms with E-state index in [4.69, 9.17) is 4.18 Å². The van der Waals surface area contributed by atoms with Gasteiger partial charge in [-0.05, 0) is 43.4 Å². The van der Waals surface area contributed by atoms with Crippen molar-refractivity contribution in [3.63, 3.8) is 0 Å². The maximum atomic E-state index is 12.0. The number of hydrogen-bond donors (Lipinski definition) is 0. The Labute approximate surface area is 102 Å². The van der Waals surface area contributed by atoms with Gasteiger partial charge in [-0.25, -0.2) is 0 Å². The van der Waals surface area contributed by atoms with Crippen molar-refractivity contribution < 1.29 is 12.6 Å². The Morgan fingerprint density at radius 1 is 1.29 bits per heavy atom. The summed E-state index contributed by atoms with van der Waals surface area (Å²) in [6.45, 7) is 1.96. The minimum Gasteiger partial charge on any atom is -0.262 e. The average Bonchev–Trinajstić information content (AvgIpc) is 2.80. The lowest BCUT2D eigenvalue weighted by molar-refractivity contribution is 0.345. The van der Waals surface area contributed by atoms with E-state index in [-0.39, 0.29) is 11.5 Å². The second-order valence-corrected chi connectivity index (χ2v) is 5.82. The van der Waals surface area contributed by atoms with Crippen molar-refractivity contribution in [2.24, 2.45) is 0 Å². The number of hydrogen-bond acceptors (Lipinski definition) is 3. The van der Waals surface area contributed by atoms with Crippen LogP contribution in [0.4, 0.5) is 0 Å². The van der Waals surface area contributed by atoms with Crippen LogP contribution in [0.1, 0.15) is 24.8 Å². The van der Waals surface area contributed by atoms with E-state index in [9.17, 15) is 8.42 Å². The van der Waals surface area contributed by atoms with Gasteiger partial charge in [0.1, 0.15) is 0 Å². The van der Waals surface area contributed by atoms with Gasteiger partial charge in [-0.15, -0.1) is 0 Å². The largest absolute Gasteiger partial charge is 0.297 e. The molecule has 17 heavy (non-hydrogen) atoms. The first kappa shape index (κ1) is 12.3. The topological polar surface area (TPSA) is 43.4 Å². The highest BCUT2D eigenvalue weighted by Crippen LogP contribution is 2.21. The summed E-state index contributed by atoms with van der Waals surface area (Å²) in [6.07, 6.45) is 5.14. The SMILES string of the molecule is Cc1ccccc1S(=O)(=O)OCC1=CCCC1. The zero-order valence-corrected chi connectivity index (χ0v) is 10.7. The lowest BCUT2D eigenvalue weighted by Gasteiger charge is -2.08. The molecule has 0 saturated heterocycles. The highest BCUT2D eigenvalue weighted by molar-refractivity contribution is 7.86. The third-order valence-electron chi connectivity index (χ3n) is 2.90. The van der Waals surface area contributed by atoms with E-state index in [2.05, 4.69) is 6.08 Å². The maximum absolute atomic E-state index is 12.0. The molecule has 0 bridgehead atoms. The minimum atomic E-state index is -3.62. The van der Waals surface area contributed by atoms with Crippen LogP contribution in [0.25, 0.3) is 0 Å². The van der Waals surface area contributed by atoms with Gasteiger partial charge in [-0.1, -0.05) is 24.3 Å². The summed E-state index contributed by atoms with van der Waals surface area (Å²) in [5.74, 6) is 0. The van der Waals surface area contributed by atoms with Crippen molar-refractivity contribution in [3.05, 3.63) is 41.5 Å². The highest BCUT2D eigenvalue weighted by atomic mass is 32.2. The Morgan fingerprint density at radius 3 is 2.71 bits per heavy atom. The third kappa shape index (κ3) is 2.96. The summed E-state index contributed by atoms with van der Waals surface area (Å²) >= 11 is 0. The second-order valence-electron chi connectivity index (χ2n) is 4.24. The van der Waals surface area contributed by atoms with Gasteiger partial charge >= 0.3 is 0 Å². The van der Waals surface area contributed by atoms with Crippen molar-refractivity contribution in [1.82, 2.24) is 0 Å². The standard InChI is InChI=1S/C13H16O3S/c1-11-6-2-5-9-13(11)17(14,15)16-10-12-7-3-4-8-12/h2,5-7,9H,3-4,8,10H2,1H3. The Hall–Kier alpha value is -1.13. The van der Waals surface area contributed by atoms with Crippen LogP contribution in [0.15, 0.2) is 40.8 Å². The highest BCUT2D eigenvalue weighted by Gasteiger charge is 2.18. The van der Waals surface area contributed by atoms with Gasteiger partial charge < -0.3 is 0 Å². The van der Waals surface area contributed by atoms with Gasteiger partial charge in [-0.2, -0.15) is 8.42 Å². The van der Waals surface area contributed by atoms with Crippen molar-refractivity contribution in [1.29, 1.82) is 0 Å². The van der Waals surface area contributed by atoms with Crippen molar-refractivity contribution in [3.8, 4) is 0 Å². The molecule has 2 rings (SSSR count). The average molecular weight is 252 g/mol. The molecule has 0 spiro atoms. The van der Waals surface area contributed by atoms with Crippen LogP contribution in [-0.2, 0) is 14.3 Å². The molecule has 0 saturated carbocycles. The van der Waals surface area contributed by atoms with E-state index in [1.165, 1.54) is 0 Å². The molecule has 4 heteroatoms. The molecule has 0 heterocycles. The first-order chi connectivity index (χ1) is 8.09. The predicted molar refractivity (Wildman–Crippen MR) is 66.3 cm³/mol. The molecule has 0 N–H and O–H groups in total. The van der Waals surface area contributed by atoms with E-state index in [0.29, 0.717) is 5.56 Å². The van der Waals surface area contributed by atoms with E-state index in [1.54, 1.807) is 25.1 Å². The Bertz CT molecular complexity index is 529. The first-order valence-electron chi connectivity index (χ1n) is 5.72. The molecular weight excluding hydrogens is 236 g/mol. The molecule has 0 amide bonds. The molecular formula is C13H16O3S. The summed E-state index contributed by atoms with van der Waals surface area (Å²) in [5, 5.41) is 0. The number of benzene rings is 1. The molecule has 1 aromatic carbocycles. The molecule has 0 aromatic heterocycles. The quantitative estimate of drug-likeness (QED) is 0.611. The van der Waals surface area contributed by atoms with Crippen LogP contribution < -0.4 is 0 Å². The van der Waals surface area contributed by atoms with Gasteiger partial charge in [0.15, 0.2) is 0 Å². The van der Waals surface area contributed by atoms with Crippen LogP contribution in [-0.4, -0.2) is 15.0 Å². The van der Waals surface area contributed by atoms with Gasteiger partial charge in [0.05, 0.1) is 11.5 Å². The lowest BCUT2D eigenvalue weighted by Crippen LogP contribution is -2.09. The summed E-state index contributed by atoms with van der Waals surface area (Å²) in [4.78, 5) is 0.263. The second kappa shape index (κ2) is 5.02. The molecule has 0 atom stereocenters. The van der Waals surface area contributed by atoms with E-state index < -0.39 is 10.1 Å². The summed E-state index contributed by atoms with van der Waals surface area (Å²) in [7, 11) is -3.62. The predicted octanol–water partition coefficient (Wildman–Crippen LogP) is 2.81. The molecule has 1 aliphatic rings. The van der Waals surface area contributed by atoms with Gasteiger partial charge in [0, 0.05) is 0 Å². The molecule has 0 fully saturated rings. The fourth-order valence-corrected chi connectivity index (χ4v) is 3.06. The molecule has 3 nitrogen and oxygen atoms in total. The first-order valence-corrected chi connectivity index (χ1v) is 7.13. The van der Waals surface area contributed by atoms with Crippen LogP contribution >= 0.6 is 0 Å². The van der Waals surface area contributed by atoms with Crippen LogP contribution in [0.5, 0.6) is 0 Å². The smallest absolute Gasteiger partial charge is 0.262 e. The van der Waals surface area contributed by atoms with Crippen LogP contribution in [0.3, 0.4) is 0 Å². The monoisotopic (exact) mass is 252 g/mol. The molecule has 0 unspecified atom stereocenters. The van der Waals surface area contributed by atoms with E-state index in [1.807, 2.05) is 6.07 Å². The maximum Gasteiger partial charge on any atom is 0.297 e. The van der Waals surface area contributed by atoms with Gasteiger partial charge in [-0.3, -0.25) is 4.18 Å². The van der Waals surface area contributed by atoms with Crippen LogP contribution in [0, 0.1) is 6.92 Å². The molecule has 1 aromatic rings. The number of rotatable bonds is 4. The summed E-state index contributed by atoms with van der Waals surface area (Å²) in [6, 6.07) is 6.87. The van der Waals surface area contributed by atoms with Gasteiger partial charge in [0.2, 0.25) is 0 Å². The Kier molecular flexibility index (Phi) is 3.64. The lowest BCUT2D eigenvalue weighted by atomic mass is 10.2. The normalized spacial score (nSPS) is 15.9. The number of aryl methyl sites for hydroxylation is 1. The zero-order chi connectivity index (χ0) is 12.3. The van der Waals surface area contributed by atoms with E-state index >= 15 is 0 Å². The fraction of sp³-hybridized carbons (Fsp3) is 0.385. The molecule has 1 aliphatic carbocycles. The van der Waals surface area contributed by atoms with Crippen molar-refractivity contribution in [2.45, 2.75) is 31.1 Å². The van der Waals surface area contributed by atoms with Gasteiger partial charge in [0.25, 0.3) is 10.1 Å².